The van der Waals surface area contributed by atoms with E-state index in [1.807, 2.05) is 30.3 Å². The van der Waals surface area contributed by atoms with Crippen LogP contribution < -0.4 is 5.32 Å². The minimum atomic E-state index is -0.473. The Balaban J connectivity index is 2.98. The molecule has 0 heterocycles. The molecule has 0 spiro atoms. The van der Waals surface area contributed by atoms with Gasteiger partial charge in [0.15, 0.2) is 0 Å². The van der Waals surface area contributed by atoms with Crippen LogP contribution in [0, 0.1) is 10.1 Å². The van der Waals surface area contributed by atoms with Gasteiger partial charge in [-0.25, -0.2) is 0 Å². The fraction of sp³-hybridized carbons (Fsp3) is 0.111. The Morgan fingerprint density at radius 1 is 1.46 bits per heavy atom. The summed E-state index contributed by atoms with van der Waals surface area (Å²) in [5.74, 6) is 0. The molecule has 13 heavy (non-hydrogen) atoms. The summed E-state index contributed by atoms with van der Waals surface area (Å²) in [7, 11) is 1.66. The van der Waals surface area contributed by atoms with Crippen LogP contribution in [0.3, 0.4) is 0 Å². The molecule has 0 aliphatic heterocycles. The SMILES string of the molecule is CN/C(=C\[N+](=O)[O-])c1ccccc1. The van der Waals surface area contributed by atoms with Crippen LogP contribution in [0.15, 0.2) is 36.5 Å². The van der Waals surface area contributed by atoms with Crippen molar-refractivity contribution in [3.63, 3.8) is 0 Å². The van der Waals surface area contributed by atoms with Crippen molar-refractivity contribution in [3.05, 3.63) is 52.2 Å². The summed E-state index contributed by atoms with van der Waals surface area (Å²) in [5.41, 5.74) is 1.31. The molecule has 0 aromatic heterocycles. The average molecular weight is 178 g/mol. The Bertz CT molecular complexity index is 320. The van der Waals surface area contributed by atoms with Crippen molar-refractivity contribution < 1.29 is 4.92 Å². The van der Waals surface area contributed by atoms with Crippen LogP contribution in [0.25, 0.3) is 5.70 Å². The smallest absolute Gasteiger partial charge is 0.257 e. The lowest BCUT2D eigenvalue weighted by Gasteiger charge is -2.02. The van der Waals surface area contributed by atoms with E-state index >= 15 is 0 Å². The molecule has 1 aromatic rings. The van der Waals surface area contributed by atoms with Crippen molar-refractivity contribution in [3.8, 4) is 0 Å². The number of nitrogens with one attached hydrogen (secondary N) is 1. The highest BCUT2D eigenvalue weighted by Gasteiger charge is 2.02. The third kappa shape index (κ3) is 2.59. The first-order valence-corrected chi connectivity index (χ1v) is 3.82. The molecule has 0 atom stereocenters. The number of rotatable bonds is 3. The van der Waals surface area contributed by atoms with Gasteiger partial charge in [-0.2, -0.15) is 0 Å². The number of hydrogen-bond acceptors (Lipinski definition) is 3. The summed E-state index contributed by atoms with van der Waals surface area (Å²) in [5, 5.41) is 13.0. The maximum atomic E-state index is 10.2. The first kappa shape index (κ1) is 9.25. The van der Waals surface area contributed by atoms with E-state index in [4.69, 9.17) is 0 Å². The maximum absolute atomic E-state index is 10.2. The molecule has 1 aromatic carbocycles. The zero-order valence-electron chi connectivity index (χ0n) is 7.23. The Morgan fingerprint density at radius 3 is 2.54 bits per heavy atom. The molecule has 0 radical (unpaired) electrons. The molecule has 4 nitrogen and oxygen atoms in total. The van der Waals surface area contributed by atoms with E-state index in [1.165, 1.54) is 0 Å². The van der Waals surface area contributed by atoms with Gasteiger partial charge < -0.3 is 5.32 Å². The van der Waals surface area contributed by atoms with Crippen molar-refractivity contribution in [1.29, 1.82) is 0 Å². The molecule has 4 heteroatoms. The molecule has 0 fully saturated rings. The van der Waals surface area contributed by atoms with Gasteiger partial charge in [-0.15, -0.1) is 0 Å². The standard InChI is InChI=1S/C9H10N2O2/c1-10-9(7-11(12)13)8-5-3-2-4-6-8/h2-7,10H,1H3/b9-7-. The van der Waals surface area contributed by atoms with Gasteiger partial charge in [0.1, 0.15) is 5.70 Å². The van der Waals surface area contributed by atoms with E-state index in [9.17, 15) is 10.1 Å². The summed E-state index contributed by atoms with van der Waals surface area (Å²) in [6.45, 7) is 0. The van der Waals surface area contributed by atoms with E-state index in [0.29, 0.717) is 5.70 Å². The minimum Gasteiger partial charge on any atom is -0.383 e. The third-order valence-corrected chi connectivity index (χ3v) is 1.59. The molecule has 68 valence electrons. The Kier molecular flexibility index (Phi) is 3.03. The van der Waals surface area contributed by atoms with Crippen LogP contribution in [0.2, 0.25) is 0 Å². The molecule has 0 saturated carbocycles. The molecule has 0 unspecified atom stereocenters. The second kappa shape index (κ2) is 4.25. The van der Waals surface area contributed by atoms with E-state index in [0.717, 1.165) is 11.8 Å². The number of hydrogen-bond donors (Lipinski definition) is 1. The second-order valence-electron chi connectivity index (χ2n) is 2.44. The fourth-order valence-electron chi connectivity index (χ4n) is 1.01. The molecule has 1 N–H and O–H groups in total. The van der Waals surface area contributed by atoms with Crippen LogP contribution >= 0.6 is 0 Å². The lowest BCUT2D eigenvalue weighted by molar-refractivity contribution is -0.401. The van der Waals surface area contributed by atoms with Crippen LogP contribution in [0.5, 0.6) is 0 Å². The van der Waals surface area contributed by atoms with E-state index < -0.39 is 4.92 Å². The molecule has 0 amide bonds. The van der Waals surface area contributed by atoms with E-state index in [2.05, 4.69) is 5.32 Å². The quantitative estimate of drug-likeness (QED) is 0.563. The summed E-state index contributed by atoms with van der Waals surface area (Å²) in [6.07, 6.45) is 0.954. The number of nitrogens with zero attached hydrogens (tertiary/aromatic N) is 1. The maximum Gasteiger partial charge on any atom is 0.257 e. The molecule has 1 rings (SSSR count). The van der Waals surface area contributed by atoms with Gasteiger partial charge in [0.25, 0.3) is 6.20 Å². The second-order valence-corrected chi connectivity index (χ2v) is 2.44. The van der Waals surface area contributed by atoms with Crippen LogP contribution in [0.1, 0.15) is 5.56 Å². The van der Waals surface area contributed by atoms with Gasteiger partial charge in [-0.1, -0.05) is 30.3 Å². The third-order valence-electron chi connectivity index (χ3n) is 1.59. The van der Waals surface area contributed by atoms with Crippen molar-refractivity contribution in [2.45, 2.75) is 0 Å². The molecule has 0 saturated heterocycles. The van der Waals surface area contributed by atoms with Gasteiger partial charge in [0.05, 0.1) is 4.92 Å². The molecular formula is C9H10N2O2. The van der Waals surface area contributed by atoms with E-state index in [-0.39, 0.29) is 0 Å². The van der Waals surface area contributed by atoms with Crippen LogP contribution in [0.4, 0.5) is 0 Å². The summed E-state index contributed by atoms with van der Waals surface area (Å²) in [4.78, 5) is 9.76. The van der Waals surface area contributed by atoms with Gasteiger partial charge in [-0.3, -0.25) is 10.1 Å². The predicted molar refractivity (Wildman–Crippen MR) is 50.5 cm³/mol. The highest BCUT2D eigenvalue weighted by atomic mass is 16.6. The summed E-state index contributed by atoms with van der Waals surface area (Å²) >= 11 is 0. The van der Waals surface area contributed by atoms with Crippen molar-refractivity contribution in [2.24, 2.45) is 0 Å². The number of benzene rings is 1. The molecule has 0 bridgehead atoms. The average Bonchev–Trinajstić information content (AvgIpc) is 2.15. The first-order chi connectivity index (χ1) is 6.24. The van der Waals surface area contributed by atoms with Gasteiger partial charge >= 0.3 is 0 Å². The Labute approximate surface area is 76.0 Å². The highest BCUT2D eigenvalue weighted by Crippen LogP contribution is 2.09. The zero-order chi connectivity index (χ0) is 9.68. The molecule has 0 aliphatic carbocycles. The first-order valence-electron chi connectivity index (χ1n) is 3.82. The van der Waals surface area contributed by atoms with Gasteiger partial charge in [-0.05, 0) is 0 Å². The highest BCUT2D eigenvalue weighted by molar-refractivity contribution is 5.62. The topological polar surface area (TPSA) is 55.2 Å². The number of nitro groups is 1. The fourth-order valence-corrected chi connectivity index (χ4v) is 1.01. The Hall–Kier alpha value is -1.84. The zero-order valence-corrected chi connectivity index (χ0v) is 7.23. The monoisotopic (exact) mass is 178 g/mol. The van der Waals surface area contributed by atoms with E-state index in [1.54, 1.807) is 7.05 Å². The molecule has 0 aliphatic rings. The van der Waals surface area contributed by atoms with Crippen molar-refractivity contribution >= 4 is 5.70 Å². The van der Waals surface area contributed by atoms with Gasteiger partial charge in [0, 0.05) is 12.6 Å². The van der Waals surface area contributed by atoms with Crippen LogP contribution in [-0.4, -0.2) is 12.0 Å². The Morgan fingerprint density at radius 2 is 2.08 bits per heavy atom. The van der Waals surface area contributed by atoms with Gasteiger partial charge in [0.2, 0.25) is 0 Å². The minimum absolute atomic E-state index is 0.473. The lowest BCUT2D eigenvalue weighted by Crippen LogP contribution is -2.06. The van der Waals surface area contributed by atoms with Crippen molar-refractivity contribution in [2.75, 3.05) is 7.05 Å². The predicted octanol–water partition coefficient (Wildman–Crippen LogP) is 1.48. The summed E-state index contributed by atoms with van der Waals surface area (Å²) < 4.78 is 0. The largest absolute Gasteiger partial charge is 0.383 e. The molecular weight excluding hydrogens is 168 g/mol. The summed E-state index contributed by atoms with van der Waals surface area (Å²) in [6, 6.07) is 9.15. The normalized spacial score (nSPS) is 11.0. The van der Waals surface area contributed by atoms with Crippen molar-refractivity contribution in [1.82, 2.24) is 5.32 Å². The van der Waals surface area contributed by atoms with Crippen LogP contribution in [-0.2, 0) is 0 Å². The lowest BCUT2D eigenvalue weighted by atomic mass is 10.2.